The van der Waals surface area contributed by atoms with Crippen LogP contribution in [0.1, 0.15) is 44.5 Å². The molecule has 1 atom stereocenters. The number of rotatable bonds is 4. The molecule has 156 valence electrons. The number of nitrogens with one attached hydrogen (secondary N) is 1. The van der Waals surface area contributed by atoms with Gasteiger partial charge in [0, 0.05) is 11.1 Å². The Morgan fingerprint density at radius 1 is 1.13 bits per heavy atom. The number of furan rings is 1. The first-order chi connectivity index (χ1) is 14.9. The van der Waals surface area contributed by atoms with E-state index in [0.29, 0.717) is 28.3 Å². The summed E-state index contributed by atoms with van der Waals surface area (Å²) in [6.45, 7) is 4.04. The molecule has 0 saturated carbocycles. The number of aromatic amines is 1. The van der Waals surface area contributed by atoms with E-state index in [1.165, 1.54) is 0 Å². The molecule has 0 fully saturated rings. The normalized spacial score (nSPS) is 15.5. The van der Waals surface area contributed by atoms with Crippen molar-refractivity contribution in [2.45, 2.75) is 26.4 Å². The van der Waals surface area contributed by atoms with E-state index in [2.05, 4.69) is 10.2 Å². The third-order valence-electron chi connectivity index (χ3n) is 5.66. The molecule has 1 amide bonds. The van der Waals surface area contributed by atoms with Gasteiger partial charge in [0.15, 0.2) is 0 Å². The largest absolute Gasteiger partial charge is 0.508 e. The Morgan fingerprint density at radius 2 is 1.97 bits per heavy atom. The number of benzene rings is 2. The molecule has 1 unspecified atom stereocenters. The number of phenolic OH excluding ortho intramolecular Hbond substituents is 2. The van der Waals surface area contributed by atoms with Gasteiger partial charge in [0.25, 0.3) is 5.91 Å². The highest BCUT2D eigenvalue weighted by Gasteiger charge is 2.43. The molecular formula is C24H21N3O4. The highest BCUT2D eigenvalue weighted by atomic mass is 16.3. The van der Waals surface area contributed by atoms with Gasteiger partial charge < -0.3 is 19.5 Å². The fourth-order valence-electron chi connectivity index (χ4n) is 4.32. The maximum atomic E-state index is 13.3. The van der Waals surface area contributed by atoms with Gasteiger partial charge in [-0.3, -0.25) is 9.89 Å². The molecule has 3 heterocycles. The van der Waals surface area contributed by atoms with Crippen molar-refractivity contribution in [1.29, 1.82) is 0 Å². The first-order valence-corrected chi connectivity index (χ1v) is 9.95. The summed E-state index contributed by atoms with van der Waals surface area (Å²) >= 11 is 0. The Kier molecular flexibility index (Phi) is 4.32. The summed E-state index contributed by atoms with van der Waals surface area (Å²) in [7, 11) is 0. The number of H-pyrrole nitrogens is 1. The molecule has 2 aromatic heterocycles. The SMILES string of the molecule is Cc1cc(C)c(O)c(-c2n[nH]c3c2C(c2cccc(O)c2)N(Cc2ccco2)C3=O)c1. The van der Waals surface area contributed by atoms with Crippen LogP contribution in [0, 0.1) is 13.8 Å². The van der Waals surface area contributed by atoms with Gasteiger partial charge in [-0.2, -0.15) is 5.10 Å². The number of phenols is 2. The van der Waals surface area contributed by atoms with E-state index in [1.54, 1.807) is 35.4 Å². The highest BCUT2D eigenvalue weighted by Crippen LogP contribution is 2.46. The van der Waals surface area contributed by atoms with Crippen LogP contribution in [-0.4, -0.2) is 31.2 Å². The Morgan fingerprint density at radius 3 is 2.71 bits per heavy atom. The minimum atomic E-state index is -0.506. The van der Waals surface area contributed by atoms with Crippen molar-refractivity contribution < 1.29 is 19.4 Å². The van der Waals surface area contributed by atoms with Gasteiger partial charge in [0.05, 0.1) is 18.8 Å². The molecule has 3 N–H and O–H groups in total. The van der Waals surface area contributed by atoms with Crippen LogP contribution in [0.25, 0.3) is 11.3 Å². The Balaban J connectivity index is 1.71. The molecule has 7 heteroatoms. The standard InChI is InChI=1S/C24H21N3O4/c1-13-9-14(2)23(29)18(10-13)20-19-21(26-25-20)24(30)27(12-17-7-4-8-31-17)22(19)15-5-3-6-16(28)11-15/h3-11,22,28-29H,12H2,1-2H3,(H,25,26). The number of hydrogen-bond donors (Lipinski definition) is 3. The van der Waals surface area contributed by atoms with Crippen LogP contribution < -0.4 is 0 Å². The average molecular weight is 415 g/mol. The van der Waals surface area contributed by atoms with E-state index in [-0.39, 0.29) is 24.0 Å². The van der Waals surface area contributed by atoms with Crippen molar-refractivity contribution in [3.05, 3.63) is 88.5 Å². The number of carbonyl (C=O) groups is 1. The number of hydrogen-bond acceptors (Lipinski definition) is 5. The number of aromatic nitrogens is 2. The van der Waals surface area contributed by atoms with E-state index < -0.39 is 6.04 Å². The smallest absolute Gasteiger partial charge is 0.273 e. The summed E-state index contributed by atoms with van der Waals surface area (Å²) < 4.78 is 5.48. The quantitative estimate of drug-likeness (QED) is 0.457. The highest BCUT2D eigenvalue weighted by molar-refractivity contribution is 6.00. The zero-order valence-corrected chi connectivity index (χ0v) is 17.1. The summed E-state index contributed by atoms with van der Waals surface area (Å²) in [6.07, 6.45) is 1.57. The van der Waals surface area contributed by atoms with E-state index in [1.807, 2.05) is 38.1 Å². The number of nitrogens with zero attached hydrogens (tertiary/aromatic N) is 2. The Bertz CT molecular complexity index is 1290. The van der Waals surface area contributed by atoms with Gasteiger partial charge in [-0.15, -0.1) is 0 Å². The third kappa shape index (κ3) is 3.06. The molecule has 0 saturated heterocycles. The van der Waals surface area contributed by atoms with Crippen LogP contribution in [0.15, 0.2) is 59.2 Å². The second-order valence-corrected chi connectivity index (χ2v) is 7.85. The zero-order chi connectivity index (χ0) is 21.7. The lowest BCUT2D eigenvalue weighted by molar-refractivity contribution is 0.0716. The molecule has 0 spiro atoms. The second kappa shape index (κ2) is 7.05. The van der Waals surface area contributed by atoms with E-state index in [0.717, 1.165) is 16.7 Å². The summed E-state index contributed by atoms with van der Waals surface area (Å²) in [5.41, 5.74) is 4.57. The van der Waals surface area contributed by atoms with E-state index in [9.17, 15) is 15.0 Å². The van der Waals surface area contributed by atoms with Crippen LogP contribution in [-0.2, 0) is 6.54 Å². The molecule has 1 aliphatic rings. The van der Waals surface area contributed by atoms with Gasteiger partial charge in [-0.1, -0.05) is 18.2 Å². The number of aromatic hydroxyl groups is 2. The number of carbonyl (C=O) groups excluding carboxylic acids is 1. The maximum Gasteiger partial charge on any atom is 0.273 e. The van der Waals surface area contributed by atoms with E-state index >= 15 is 0 Å². The average Bonchev–Trinajstić information content (AvgIpc) is 3.45. The van der Waals surface area contributed by atoms with Crippen molar-refractivity contribution in [3.8, 4) is 22.8 Å². The number of aryl methyl sites for hydroxylation is 2. The lowest BCUT2D eigenvalue weighted by Crippen LogP contribution is -2.28. The number of amides is 1. The number of fused-ring (bicyclic) bond motifs is 1. The molecule has 5 rings (SSSR count). The summed E-state index contributed by atoms with van der Waals surface area (Å²) in [4.78, 5) is 15.0. The third-order valence-corrected chi connectivity index (χ3v) is 5.66. The van der Waals surface area contributed by atoms with Crippen LogP contribution in [0.4, 0.5) is 0 Å². The van der Waals surface area contributed by atoms with Crippen molar-refractivity contribution in [2.24, 2.45) is 0 Å². The van der Waals surface area contributed by atoms with Crippen molar-refractivity contribution in [1.82, 2.24) is 15.1 Å². The predicted molar refractivity (Wildman–Crippen MR) is 114 cm³/mol. The van der Waals surface area contributed by atoms with Crippen LogP contribution in [0.3, 0.4) is 0 Å². The van der Waals surface area contributed by atoms with Gasteiger partial charge in [-0.25, -0.2) is 0 Å². The van der Waals surface area contributed by atoms with Crippen LogP contribution in [0.5, 0.6) is 11.5 Å². The monoisotopic (exact) mass is 415 g/mol. The molecule has 0 radical (unpaired) electrons. The van der Waals surface area contributed by atoms with Crippen molar-refractivity contribution >= 4 is 5.91 Å². The second-order valence-electron chi connectivity index (χ2n) is 7.85. The molecule has 1 aliphatic heterocycles. The Labute approximate surface area is 178 Å². The lowest BCUT2D eigenvalue weighted by Gasteiger charge is -2.25. The fourth-order valence-corrected chi connectivity index (χ4v) is 4.32. The first-order valence-electron chi connectivity index (χ1n) is 9.95. The van der Waals surface area contributed by atoms with Crippen LogP contribution >= 0.6 is 0 Å². The molecule has 0 aliphatic carbocycles. The van der Waals surface area contributed by atoms with Gasteiger partial charge in [0.1, 0.15) is 28.6 Å². The summed E-state index contributed by atoms with van der Waals surface area (Å²) in [6, 6.07) is 13.7. The topological polar surface area (TPSA) is 103 Å². The Hall–Kier alpha value is -4.00. The maximum absolute atomic E-state index is 13.3. The lowest BCUT2D eigenvalue weighted by atomic mass is 9.94. The predicted octanol–water partition coefficient (Wildman–Crippen LogP) is 4.44. The molecule has 2 aromatic carbocycles. The molecule has 7 nitrogen and oxygen atoms in total. The minimum Gasteiger partial charge on any atom is -0.508 e. The summed E-state index contributed by atoms with van der Waals surface area (Å²) in [5, 5.41) is 28.1. The van der Waals surface area contributed by atoms with Crippen molar-refractivity contribution in [3.63, 3.8) is 0 Å². The van der Waals surface area contributed by atoms with E-state index in [4.69, 9.17) is 4.42 Å². The van der Waals surface area contributed by atoms with Gasteiger partial charge in [-0.05, 0) is 60.9 Å². The van der Waals surface area contributed by atoms with Crippen molar-refractivity contribution in [2.75, 3.05) is 0 Å². The first kappa shape index (κ1) is 19.0. The zero-order valence-electron chi connectivity index (χ0n) is 17.1. The molecule has 0 bridgehead atoms. The minimum absolute atomic E-state index is 0.107. The molecule has 4 aromatic rings. The molecule has 31 heavy (non-hydrogen) atoms. The summed E-state index contributed by atoms with van der Waals surface area (Å²) in [5.74, 6) is 0.664. The fraction of sp³-hybridized carbons (Fsp3) is 0.167. The van der Waals surface area contributed by atoms with Crippen LogP contribution in [0.2, 0.25) is 0 Å². The van der Waals surface area contributed by atoms with Gasteiger partial charge >= 0.3 is 0 Å². The van der Waals surface area contributed by atoms with Gasteiger partial charge in [0.2, 0.25) is 0 Å². The molecular weight excluding hydrogens is 394 g/mol.